The highest BCUT2D eigenvalue weighted by Gasteiger charge is 2.50. The Labute approximate surface area is 359 Å². The summed E-state index contributed by atoms with van der Waals surface area (Å²) in [5.41, 5.74) is 4.24. The average Bonchev–Trinajstić information content (AvgIpc) is 3.85. The molecule has 1 saturated heterocycles. The summed E-state index contributed by atoms with van der Waals surface area (Å²) < 4.78 is 62.3. The molecule has 0 bridgehead atoms. The number of phosphoric acid groups is 3. The molecule has 9 atom stereocenters. The monoisotopic (exact) mass is 959 g/mol. The Morgan fingerprint density at radius 3 is 2.48 bits per heavy atom. The molecule has 2 aromatic rings. The van der Waals surface area contributed by atoms with Crippen LogP contribution in [0.3, 0.4) is 0 Å². The number of anilines is 1. The van der Waals surface area contributed by atoms with Crippen molar-refractivity contribution in [1.29, 1.82) is 0 Å². The number of carbonyl (C=O) groups is 4. The third-order valence-electron chi connectivity index (χ3n) is 9.73. The molecule has 25 nitrogen and oxygen atoms in total. The Morgan fingerprint density at radius 2 is 1.79 bits per heavy atom. The van der Waals surface area contributed by atoms with E-state index in [9.17, 15) is 62.7 Å². The molecule has 1 aliphatic carbocycles. The molecule has 0 radical (unpaired) electrons. The maximum atomic E-state index is 12.7. The molecule has 10 N–H and O–H groups in total. The molecule has 348 valence electrons. The van der Waals surface area contributed by atoms with E-state index in [1.807, 2.05) is 19.1 Å². The van der Waals surface area contributed by atoms with Crippen LogP contribution in [0, 0.1) is 17.3 Å². The fraction of sp³-hybridized carbons (Fsp3) is 0.667. The second-order valence-corrected chi connectivity index (χ2v) is 20.4. The maximum absolute atomic E-state index is 12.7. The third kappa shape index (κ3) is 15.0. The number of fused-ring (bicyclic) bond motifs is 1. The van der Waals surface area contributed by atoms with Gasteiger partial charge >= 0.3 is 23.5 Å². The van der Waals surface area contributed by atoms with E-state index in [1.54, 1.807) is 0 Å². The molecule has 4 rings (SSSR count). The zero-order chi connectivity index (χ0) is 46.0. The Kier molecular flexibility index (Phi) is 18.5. The van der Waals surface area contributed by atoms with E-state index in [0.717, 1.165) is 35.4 Å². The van der Waals surface area contributed by atoms with Crippen LogP contribution in [0.2, 0.25) is 0 Å². The second kappa shape index (κ2) is 22.2. The predicted octanol–water partition coefficient (Wildman–Crippen LogP) is 1.01. The quantitative estimate of drug-likeness (QED) is 0.0402. The summed E-state index contributed by atoms with van der Waals surface area (Å²) >= 11 is 1.06. The van der Waals surface area contributed by atoms with Crippen molar-refractivity contribution in [1.82, 2.24) is 30.2 Å². The third-order valence-corrected chi connectivity index (χ3v) is 13.7. The molecule has 2 amide bonds. The van der Waals surface area contributed by atoms with E-state index in [-0.39, 0.29) is 65.6 Å². The van der Waals surface area contributed by atoms with Gasteiger partial charge in [-0.25, -0.2) is 28.6 Å². The zero-order valence-corrected chi connectivity index (χ0v) is 37.3. The second-order valence-electron chi connectivity index (χ2n) is 15.0. The minimum atomic E-state index is -5.59. The van der Waals surface area contributed by atoms with Gasteiger partial charge in [0.25, 0.3) is 0 Å². The van der Waals surface area contributed by atoms with E-state index >= 15 is 0 Å². The molecule has 2 aromatic heterocycles. The number of nitrogen functional groups attached to an aromatic ring is 1. The number of aliphatic hydroxyl groups excluding tert-OH is 2. The van der Waals surface area contributed by atoms with E-state index in [0.29, 0.717) is 25.0 Å². The number of ether oxygens (including phenoxy) is 1. The van der Waals surface area contributed by atoms with Crippen LogP contribution < -0.4 is 16.4 Å². The van der Waals surface area contributed by atoms with Crippen LogP contribution in [-0.2, 0) is 55.5 Å². The van der Waals surface area contributed by atoms with Crippen LogP contribution in [0.5, 0.6) is 0 Å². The number of hydrogen-bond donors (Lipinski definition) is 9. The summed E-state index contributed by atoms with van der Waals surface area (Å²) in [5.74, 6) is -1.18. The highest BCUT2D eigenvalue weighted by atomic mass is 32.2. The van der Waals surface area contributed by atoms with Crippen molar-refractivity contribution in [3.63, 3.8) is 0 Å². The number of hydrogen-bond acceptors (Lipinski definition) is 19. The molecule has 0 aromatic carbocycles. The van der Waals surface area contributed by atoms with E-state index in [2.05, 4.69) is 34.4 Å². The van der Waals surface area contributed by atoms with E-state index in [4.69, 9.17) is 19.5 Å². The zero-order valence-electron chi connectivity index (χ0n) is 33.8. The van der Waals surface area contributed by atoms with Crippen LogP contribution in [-0.4, -0.2) is 128 Å². The molecule has 62 heavy (non-hydrogen) atoms. The highest BCUT2D eigenvalue weighted by molar-refractivity contribution is 8.13. The van der Waals surface area contributed by atoms with Gasteiger partial charge in [0.05, 0.1) is 19.5 Å². The first-order valence-electron chi connectivity index (χ1n) is 19.2. The topological polar surface area (TPSA) is 381 Å². The normalized spacial score (nSPS) is 24.6. The van der Waals surface area contributed by atoms with Gasteiger partial charge in [0, 0.05) is 49.4 Å². The summed E-state index contributed by atoms with van der Waals surface area (Å²) in [6.07, 6.45) is -0.110. The number of rotatable bonds is 24. The minimum Gasteiger partial charge on any atom is -0.386 e. The van der Waals surface area contributed by atoms with Crippen molar-refractivity contribution in [2.45, 2.75) is 89.9 Å². The molecular weight excluding hydrogens is 907 g/mol. The molecule has 0 spiro atoms. The van der Waals surface area contributed by atoms with E-state index < -0.39 is 84.6 Å². The number of allylic oxidation sites excluding steroid dienone is 2. The Morgan fingerprint density at radius 1 is 1.08 bits per heavy atom. The number of ketones is 1. The Balaban J connectivity index is 1.18. The summed E-state index contributed by atoms with van der Waals surface area (Å²) in [6, 6.07) is 0. The van der Waals surface area contributed by atoms with Gasteiger partial charge in [0.15, 0.2) is 22.8 Å². The minimum absolute atomic E-state index is 0.00285. The van der Waals surface area contributed by atoms with Gasteiger partial charge in [-0.15, -0.1) is 0 Å². The Hall–Kier alpha value is -3.03. The number of thioether (sulfide) groups is 1. The highest BCUT2D eigenvalue weighted by Crippen LogP contribution is 2.61. The van der Waals surface area contributed by atoms with Gasteiger partial charge in [-0.05, 0) is 25.2 Å². The Bertz CT molecular complexity index is 2090. The molecule has 2 fully saturated rings. The van der Waals surface area contributed by atoms with Gasteiger partial charge < -0.3 is 50.9 Å². The number of nitrogens with two attached hydrogens (primary N) is 1. The first-order valence-corrected chi connectivity index (χ1v) is 24.7. The number of nitrogens with zero attached hydrogens (tertiary/aromatic N) is 4. The predicted molar refractivity (Wildman–Crippen MR) is 217 cm³/mol. The standard InChI is InChI=1S/C33H52N7O18P3S/c1-4-5-6-7-20-19(8-9-21(20)41)14-24(43)62-13-12-35-23(42)10-11-36-31(46)28(45)33(2,3)16-55-61(52,53)58-60(50,51)54-15-22-27(57-59(47,48)49)26(44)32(56-22)40-18-39-25-29(34)37-17-38-30(25)40/h5-6,17-20,22,26-28,32,44-45H,4,7-16H2,1-3H3,(H,35,42)(H,36,46)(H,50,51)(H,52,53)(H2,34,37,38)(H2,47,48,49)/b6-5-/t19?,20?,22-,26-,27-,28+,32-/m1/s1. The van der Waals surface area contributed by atoms with Crippen molar-refractivity contribution in [3.8, 4) is 0 Å². The summed E-state index contributed by atoms with van der Waals surface area (Å²) in [5, 5.41) is 26.4. The van der Waals surface area contributed by atoms with Crippen LogP contribution >= 0.6 is 35.2 Å². The molecule has 1 aliphatic heterocycles. The van der Waals surface area contributed by atoms with Gasteiger partial charge in [0.2, 0.25) is 11.8 Å². The lowest BCUT2D eigenvalue weighted by molar-refractivity contribution is -0.137. The number of carbonyl (C=O) groups excluding carboxylic acids is 4. The van der Waals surface area contributed by atoms with Crippen molar-refractivity contribution >= 4 is 74.9 Å². The smallest absolute Gasteiger partial charge is 0.386 e. The van der Waals surface area contributed by atoms with Crippen molar-refractivity contribution < 1.29 is 85.3 Å². The largest absolute Gasteiger partial charge is 0.481 e. The fourth-order valence-corrected chi connectivity index (χ4v) is 10.1. The molecular formula is C33H52N7O18P3S. The molecule has 3 heterocycles. The van der Waals surface area contributed by atoms with Crippen LogP contribution in [0.1, 0.15) is 65.5 Å². The first kappa shape index (κ1) is 51.6. The van der Waals surface area contributed by atoms with Gasteiger partial charge in [-0.1, -0.05) is 44.7 Å². The number of nitrogens with one attached hydrogen (secondary N) is 2. The first-order chi connectivity index (χ1) is 28.9. The maximum Gasteiger partial charge on any atom is 0.481 e. The number of aromatic nitrogens is 4. The lowest BCUT2D eigenvalue weighted by Crippen LogP contribution is -2.46. The van der Waals surface area contributed by atoms with Crippen molar-refractivity contribution in [3.05, 3.63) is 24.8 Å². The van der Waals surface area contributed by atoms with Crippen LogP contribution in [0.15, 0.2) is 24.8 Å². The molecule has 1 saturated carbocycles. The number of imidazole rings is 1. The number of Topliss-reactive ketones (excluding diaryl/α,β-unsaturated/α-hetero) is 1. The van der Waals surface area contributed by atoms with Crippen LogP contribution in [0.4, 0.5) is 5.82 Å². The summed E-state index contributed by atoms with van der Waals surface area (Å²) in [6.45, 7) is 2.40. The number of phosphoric ester groups is 3. The molecule has 2 aliphatic rings. The van der Waals surface area contributed by atoms with Crippen molar-refractivity contribution in [2.24, 2.45) is 17.3 Å². The van der Waals surface area contributed by atoms with Crippen molar-refractivity contribution in [2.75, 3.05) is 37.8 Å². The SMILES string of the molecule is CC/C=C\CC1C(=O)CCC1CC(=O)SCCNC(=O)CCNC(=O)[C@H](O)C(C)(C)COP(=O)(O)OP(=O)(O)OC[C@H]1O[C@@H](n2cnc3c(N)ncnc32)[C@H](O)[C@@H]1OP(=O)(O)O. The lowest BCUT2D eigenvalue weighted by atomic mass is 9.87. The molecule has 4 unspecified atom stereocenters. The number of aliphatic hydroxyl groups is 2. The number of amides is 2. The van der Waals surface area contributed by atoms with Crippen LogP contribution in [0.25, 0.3) is 11.2 Å². The lowest BCUT2D eigenvalue weighted by Gasteiger charge is -2.30. The van der Waals surface area contributed by atoms with Gasteiger partial charge in [-0.3, -0.25) is 37.3 Å². The van der Waals surface area contributed by atoms with E-state index in [1.165, 1.54) is 13.8 Å². The average molecular weight is 960 g/mol. The van der Waals surface area contributed by atoms with Gasteiger partial charge in [0.1, 0.15) is 42.0 Å². The molecule has 29 heteroatoms. The fourth-order valence-electron chi connectivity index (χ4n) is 6.52. The summed E-state index contributed by atoms with van der Waals surface area (Å²) in [4.78, 5) is 101. The summed E-state index contributed by atoms with van der Waals surface area (Å²) in [7, 11) is -16.4. The van der Waals surface area contributed by atoms with Gasteiger partial charge in [-0.2, -0.15) is 4.31 Å².